The van der Waals surface area contributed by atoms with E-state index in [-0.39, 0.29) is 5.54 Å². The van der Waals surface area contributed by atoms with E-state index < -0.39 is 0 Å². The fraction of sp³-hybridized carbons (Fsp3) is 0.538. The summed E-state index contributed by atoms with van der Waals surface area (Å²) < 4.78 is 0. The summed E-state index contributed by atoms with van der Waals surface area (Å²) in [6.45, 7) is 9.80. The average molecular weight is 226 g/mol. The Hall–Kier alpha value is -0.530. The number of halogens is 1. The maximum atomic E-state index is 5.99. The van der Waals surface area contributed by atoms with Crippen molar-refractivity contribution in [3.8, 4) is 0 Å². The average Bonchev–Trinajstić information content (AvgIpc) is 2.15. The number of hydrogen-bond donors (Lipinski definition) is 1. The van der Waals surface area contributed by atoms with Crippen LogP contribution >= 0.6 is 11.6 Å². The predicted octanol–water partition coefficient (Wildman–Crippen LogP) is 3.82. The first-order valence-electron chi connectivity index (χ1n) is 5.43. The second-order valence-corrected chi connectivity index (χ2v) is 5.35. The summed E-state index contributed by atoms with van der Waals surface area (Å²) in [6.07, 6.45) is 0. The van der Waals surface area contributed by atoms with Crippen molar-refractivity contribution in [2.75, 3.05) is 6.54 Å². The van der Waals surface area contributed by atoms with Crippen LogP contribution in [-0.2, 0) is 5.54 Å². The van der Waals surface area contributed by atoms with E-state index in [9.17, 15) is 0 Å². The van der Waals surface area contributed by atoms with Crippen molar-refractivity contribution in [3.63, 3.8) is 0 Å². The van der Waals surface area contributed by atoms with Gasteiger partial charge < -0.3 is 5.32 Å². The van der Waals surface area contributed by atoms with Gasteiger partial charge in [-0.25, -0.2) is 0 Å². The summed E-state index contributed by atoms with van der Waals surface area (Å²) in [5.41, 5.74) is 1.21. The van der Waals surface area contributed by atoms with E-state index in [1.165, 1.54) is 5.56 Å². The molecule has 84 valence electrons. The maximum Gasteiger partial charge on any atom is 0.0409 e. The zero-order valence-corrected chi connectivity index (χ0v) is 10.7. The zero-order chi connectivity index (χ0) is 11.5. The predicted molar refractivity (Wildman–Crippen MR) is 67.3 cm³/mol. The van der Waals surface area contributed by atoms with Crippen LogP contribution < -0.4 is 5.32 Å². The molecule has 0 radical (unpaired) electrons. The lowest BCUT2D eigenvalue weighted by molar-refractivity contribution is 0.374. The van der Waals surface area contributed by atoms with Gasteiger partial charge in [0.05, 0.1) is 0 Å². The Bertz CT molecular complexity index is 318. The van der Waals surface area contributed by atoms with Gasteiger partial charge in [0.25, 0.3) is 0 Å². The van der Waals surface area contributed by atoms with E-state index >= 15 is 0 Å². The van der Waals surface area contributed by atoms with Crippen LogP contribution in [0, 0.1) is 5.92 Å². The maximum absolute atomic E-state index is 5.99. The highest BCUT2D eigenvalue weighted by atomic mass is 35.5. The Morgan fingerprint density at radius 3 is 2.53 bits per heavy atom. The normalized spacial score (nSPS) is 12.1. The van der Waals surface area contributed by atoms with Gasteiger partial charge in [0.2, 0.25) is 0 Å². The summed E-state index contributed by atoms with van der Waals surface area (Å²) in [5, 5.41) is 4.34. The first-order chi connectivity index (χ1) is 6.92. The molecule has 1 nitrogen and oxygen atoms in total. The van der Waals surface area contributed by atoms with Crippen LogP contribution in [0.3, 0.4) is 0 Å². The largest absolute Gasteiger partial charge is 0.308 e. The molecule has 1 aromatic rings. The Labute approximate surface area is 97.8 Å². The zero-order valence-electron chi connectivity index (χ0n) is 9.97. The molecule has 1 N–H and O–H groups in total. The highest BCUT2D eigenvalue weighted by Crippen LogP contribution is 2.23. The van der Waals surface area contributed by atoms with Crippen LogP contribution in [0.2, 0.25) is 5.02 Å². The summed E-state index contributed by atoms with van der Waals surface area (Å²) in [4.78, 5) is 0. The molecule has 0 unspecified atom stereocenters. The molecular formula is C13H20ClN. The van der Waals surface area contributed by atoms with Crippen LogP contribution in [0.4, 0.5) is 0 Å². The van der Waals surface area contributed by atoms with Crippen LogP contribution in [0.25, 0.3) is 0 Å². The molecule has 0 fully saturated rings. The van der Waals surface area contributed by atoms with Gasteiger partial charge >= 0.3 is 0 Å². The Morgan fingerprint density at radius 1 is 1.33 bits per heavy atom. The van der Waals surface area contributed by atoms with Crippen molar-refractivity contribution in [2.24, 2.45) is 5.92 Å². The molecule has 0 aliphatic carbocycles. The molecule has 15 heavy (non-hydrogen) atoms. The minimum Gasteiger partial charge on any atom is -0.308 e. The first-order valence-corrected chi connectivity index (χ1v) is 5.80. The van der Waals surface area contributed by atoms with Gasteiger partial charge in [0.15, 0.2) is 0 Å². The lowest BCUT2D eigenvalue weighted by Gasteiger charge is -2.28. The second-order valence-electron chi connectivity index (χ2n) is 4.91. The quantitative estimate of drug-likeness (QED) is 0.822. The van der Waals surface area contributed by atoms with Gasteiger partial charge in [-0.3, -0.25) is 0 Å². The van der Waals surface area contributed by atoms with Crippen molar-refractivity contribution in [1.82, 2.24) is 5.32 Å². The van der Waals surface area contributed by atoms with Gasteiger partial charge in [-0.15, -0.1) is 0 Å². The molecule has 0 aliphatic rings. The molecule has 1 aromatic carbocycles. The third-order valence-electron chi connectivity index (χ3n) is 2.50. The van der Waals surface area contributed by atoms with E-state index in [4.69, 9.17) is 11.6 Å². The number of hydrogen-bond acceptors (Lipinski definition) is 1. The van der Waals surface area contributed by atoms with E-state index in [0.717, 1.165) is 11.6 Å². The first kappa shape index (κ1) is 12.5. The van der Waals surface area contributed by atoms with Gasteiger partial charge in [-0.05, 0) is 44.0 Å². The fourth-order valence-corrected chi connectivity index (χ4v) is 1.63. The molecule has 0 aromatic heterocycles. The standard InChI is InChI=1S/C13H20ClN/c1-10(2)9-15-13(3,4)11-6-5-7-12(14)8-11/h5-8,10,15H,9H2,1-4H3. The molecular weight excluding hydrogens is 206 g/mol. The molecule has 0 heterocycles. The molecule has 0 saturated heterocycles. The third-order valence-corrected chi connectivity index (χ3v) is 2.73. The Kier molecular flexibility index (Phi) is 4.18. The van der Waals surface area contributed by atoms with Gasteiger partial charge in [0.1, 0.15) is 0 Å². The van der Waals surface area contributed by atoms with Gasteiger partial charge in [-0.2, -0.15) is 0 Å². The Balaban J connectivity index is 2.76. The van der Waals surface area contributed by atoms with Crippen molar-refractivity contribution in [2.45, 2.75) is 33.2 Å². The van der Waals surface area contributed by atoms with Crippen LogP contribution in [0.1, 0.15) is 33.3 Å². The molecule has 0 saturated carbocycles. The molecule has 0 amide bonds. The number of nitrogens with one attached hydrogen (secondary N) is 1. The minimum atomic E-state index is -0.0187. The molecule has 2 heteroatoms. The van der Waals surface area contributed by atoms with Crippen molar-refractivity contribution < 1.29 is 0 Å². The van der Waals surface area contributed by atoms with E-state index in [0.29, 0.717) is 5.92 Å². The summed E-state index contributed by atoms with van der Waals surface area (Å²) in [6, 6.07) is 8.04. The highest BCUT2D eigenvalue weighted by Gasteiger charge is 2.19. The van der Waals surface area contributed by atoms with Crippen LogP contribution in [0.5, 0.6) is 0 Å². The molecule has 0 bridgehead atoms. The highest BCUT2D eigenvalue weighted by molar-refractivity contribution is 6.30. The molecule has 0 aliphatic heterocycles. The third kappa shape index (κ3) is 3.84. The van der Waals surface area contributed by atoms with Crippen molar-refractivity contribution in [1.29, 1.82) is 0 Å². The Morgan fingerprint density at radius 2 is 2.00 bits per heavy atom. The number of rotatable bonds is 4. The minimum absolute atomic E-state index is 0.0187. The van der Waals surface area contributed by atoms with E-state index in [1.807, 2.05) is 18.2 Å². The van der Waals surface area contributed by atoms with Crippen LogP contribution in [0.15, 0.2) is 24.3 Å². The lowest BCUT2D eigenvalue weighted by atomic mass is 9.94. The van der Waals surface area contributed by atoms with Crippen LogP contribution in [-0.4, -0.2) is 6.54 Å². The van der Waals surface area contributed by atoms with Crippen molar-refractivity contribution in [3.05, 3.63) is 34.9 Å². The summed E-state index contributed by atoms with van der Waals surface area (Å²) in [7, 11) is 0. The smallest absolute Gasteiger partial charge is 0.0409 e. The number of benzene rings is 1. The summed E-state index contributed by atoms with van der Waals surface area (Å²) >= 11 is 5.99. The monoisotopic (exact) mass is 225 g/mol. The molecule has 0 atom stereocenters. The lowest BCUT2D eigenvalue weighted by Crippen LogP contribution is -2.38. The van der Waals surface area contributed by atoms with Gasteiger partial charge in [-0.1, -0.05) is 37.6 Å². The topological polar surface area (TPSA) is 12.0 Å². The SMILES string of the molecule is CC(C)CNC(C)(C)c1cccc(Cl)c1. The molecule has 0 spiro atoms. The molecule has 1 rings (SSSR count). The van der Waals surface area contributed by atoms with Crippen molar-refractivity contribution >= 4 is 11.6 Å². The second kappa shape index (κ2) is 5.00. The van der Waals surface area contributed by atoms with E-state index in [1.54, 1.807) is 0 Å². The summed E-state index contributed by atoms with van der Waals surface area (Å²) in [5.74, 6) is 0.656. The fourth-order valence-electron chi connectivity index (χ4n) is 1.44. The van der Waals surface area contributed by atoms with Gasteiger partial charge in [0, 0.05) is 10.6 Å². The van der Waals surface area contributed by atoms with E-state index in [2.05, 4.69) is 39.1 Å².